The number of rotatable bonds is 8. The molecule has 1 amide bonds. The van der Waals surface area contributed by atoms with Gasteiger partial charge in [-0.05, 0) is 30.3 Å². The number of hydrogen-bond donors (Lipinski definition) is 2. The van der Waals surface area contributed by atoms with Crippen LogP contribution in [0.25, 0.3) is 11.3 Å². The van der Waals surface area contributed by atoms with E-state index in [0.29, 0.717) is 12.2 Å². The van der Waals surface area contributed by atoms with Crippen LogP contribution in [0.15, 0.2) is 60.7 Å². The number of nitrogens with zero attached hydrogens (tertiary/aromatic N) is 2. The van der Waals surface area contributed by atoms with Crippen molar-refractivity contribution in [1.82, 2.24) is 20.4 Å². The van der Waals surface area contributed by atoms with Crippen LogP contribution in [0.2, 0.25) is 0 Å². The van der Waals surface area contributed by atoms with E-state index < -0.39 is 0 Å². The van der Waals surface area contributed by atoms with Crippen molar-refractivity contribution in [2.24, 2.45) is 0 Å². The lowest BCUT2D eigenvalue weighted by Crippen LogP contribution is -2.26. The predicted molar refractivity (Wildman–Crippen MR) is 108 cm³/mol. The number of amides is 1. The van der Waals surface area contributed by atoms with Crippen LogP contribution in [0.3, 0.4) is 0 Å². The summed E-state index contributed by atoms with van der Waals surface area (Å²) < 4.78 is 0. The Morgan fingerprint density at radius 3 is 2.37 bits per heavy atom. The van der Waals surface area contributed by atoms with E-state index in [-0.39, 0.29) is 5.91 Å². The van der Waals surface area contributed by atoms with Crippen LogP contribution < -0.4 is 5.32 Å². The largest absolute Gasteiger partial charge is 0.347 e. The Kier molecular flexibility index (Phi) is 6.39. The second-order valence-corrected chi connectivity index (χ2v) is 6.45. The molecule has 27 heavy (non-hydrogen) atoms. The maximum absolute atomic E-state index is 12.5. The number of carbonyl (C=O) groups excluding carboxylic acids is 1. The van der Waals surface area contributed by atoms with Gasteiger partial charge in [0, 0.05) is 18.7 Å². The van der Waals surface area contributed by atoms with Gasteiger partial charge in [0.2, 0.25) is 0 Å². The predicted octanol–water partition coefficient (Wildman–Crippen LogP) is 3.85. The van der Waals surface area contributed by atoms with Gasteiger partial charge in [-0.3, -0.25) is 14.8 Å². The summed E-state index contributed by atoms with van der Waals surface area (Å²) in [6.45, 7) is 7.73. The van der Waals surface area contributed by atoms with Gasteiger partial charge in [0.05, 0.1) is 5.69 Å². The Bertz CT molecular complexity index is 869. The van der Waals surface area contributed by atoms with E-state index in [2.05, 4.69) is 46.4 Å². The third kappa shape index (κ3) is 4.83. The first kappa shape index (κ1) is 18.9. The van der Waals surface area contributed by atoms with Crippen molar-refractivity contribution in [3.8, 4) is 11.3 Å². The molecule has 0 radical (unpaired) electrons. The van der Waals surface area contributed by atoms with Crippen molar-refractivity contribution in [1.29, 1.82) is 0 Å². The maximum atomic E-state index is 12.5. The lowest BCUT2D eigenvalue weighted by Gasteiger charge is -2.20. The van der Waals surface area contributed by atoms with Crippen LogP contribution in [0.4, 0.5) is 0 Å². The van der Waals surface area contributed by atoms with Crippen molar-refractivity contribution >= 4 is 5.91 Å². The highest BCUT2D eigenvalue weighted by atomic mass is 16.1. The number of hydrogen-bond acceptors (Lipinski definition) is 3. The van der Waals surface area contributed by atoms with Crippen LogP contribution in [-0.2, 0) is 13.1 Å². The van der Waals surface area contributed by atoms with Crippen molar-refractivity contribution in [2.45, 2.75) is 26.9 Å². The first-order chi connectivity index (χ1) is 13.2. The summed E-state index contributed by atoms with van der Waals surface area (Å²) >= 11 is 0. The lowest BCUT2D eigenvalue weighted by molar-refractivity contribution is 0.0945. The van der Waals surface area contributed by atoms with Crippen molar-refractivity contribution in [3.63, 3.8) is 0 Å². The van der Waals surface area contributed by atoms with Crippen LogP contribution in [0, 0.1) is 0 Å². The number of carbonyl (C=O) groups is 1. The fourth-order valence-electron chi connectivity index (χ4n) is 3.04. The highest BCUT2D eigenvalue weighted by Gasteiger charge is 2.12. The van der Waals surface area contributed by atoms with Gasteiger partial charge in [-0.25, -0.2) is 0 Å². The zero-order valence-electron chi connectivity index (χ0n) is 15.9. The lowest BCUT2D eigenvalue weighted by atomic mass is 10.1. The molecule has 0 bridgehead atoms. The van der Waals surface area contributed by atoms with Crippen molar-refractivity contribution in [2.75, 3.05) is 13.1 Å². The molecule has 1 heterocycles. The highest BCUT2D eigenvalue weighted by Crippen LogP contribution is 2.17. The molecule has 5 nitrogen and oxygen atoms in total. The van der Waals surface area contributed by atoms with E-state index in [1.54, 1.807) is 6.07 Å². The summed E-state index contributed by atoms with van der Waals surface area (Å²) in [5.74, 6) is -0.151. The SMILES string of the molecule is CCN(CC)Cc1ccccc1CNC(=O)c1cc(-c2ccccc2)n[nH]1. The van der Waals surface area contributed by atoms with E-state index in [1.807, 2.05) is 42.5 Å². The Hall–Kier alpha value is -2.92. The zero-order valence-corrected chi connectivity index (χ0v) is 15.9. The zero-order chi connectivity index (χ0) is 19.1. The molecule has 2 aromatic carbocycles. The van der Waals surface area contributed by atoms with Crippen LogP contribution in [0.5, 0.6) is 0 Å². The first-order valence-electron chi connectivity index (χ1n) is 9.39. The summed E-state index contributed by atoms with van der Waals surface area (Å²) in [6.07, 6.45) is 0. The van der Waals surface area contributed by atoms with Gasteiger partial charge in [0.15, 0.2) is 0 Å². The van der Waals surface area contributed by atoms with E-state index >= 15 is 0 Å². The molecule has 0 saturated heterocycles. The molecule has 0 aliphatic carbocycles. The Labute approximate surface area is 160 Å². The fraction of sp³-hybridized carbons (Fsp3) is 0.273. The van der Waals surface area contributed by atoms with Gasteiger partial charge in [0.25, 0.3) is 5.91 Å². The van der Waals surface area contributed by atoms with Crippen LogP contribution >= 0.6 is 0 Å². The van der Waals surface area contributed by atoms with Gasteiger partial charge in [0.1, 0.15) is 5.69 Å². The molecule has 0 fully saturated rings. The van der Waals surface area contributed by atoms with E-state index in [1.165, 1.54) is 5.56 Å². The van der Waals surface area contributed by atoms with Gasteiger partial charge in [-0.1, -0.05) is 68.4 Å². The molecule has 1 aromatic heterocycles. The molecule has 0 spiro atoms. The van der Waals surface area contributed by atoms with Gasteiger partial charge in [-0.2, -0.15) is 5.10 Å². The molecule has 5 heteroatoms. The van der Waals surface area contributed by atoms with Crippen molar-refractivity contribution in [3.05, 3.63) is 77.5 Å². The molecular formula is C22H26N4O. The van der Waals surface area contributed by atoms with Gasteiger partial charge in [-0.15, -0.1) is 0 Å². The van der Waals surface area contributed by atoms with E-state index in [9.17, 15) is 4.79 Å². The molecule has 3 aromatic rings. The Balaban J connectivity index is 1.65. The number of benzene rings is 2. The molecule has 0 unspecified atom stereocenters. The average molecular weight is 362 g/mol. The summed E-state index contributed by atoms with van der Waals surface area (Å²) in [5, 5.41) is 10.1. The Morgan fingerprint density at radius 1 is 1.00 bits per heavy atom. The van der Waals surface area contributed by atoms with Crippen LogP contribution in [0.1, 0.15) is 35.5 Å². The molecule has 0 aliphatic heterocycles. The van der Waals surface area contributed by atoms with E-state index in [0.717, 1.165) is 36.5 Å². The van der Waals surface area contributed by atoms with Crippen molar-refractivity contribution < 1.29 is 4.79 Å². The number of H-pyrrole nitrogens is 1. The van der Waals surface area contributed by atoms with Gasteiger partial charge < -0.3 is 5.32 Å². The minimum atomic E-state index is -0.151. The average Bonchev–Trinajstić information content (AvgIpc) is 3.22. The quantitative estimate of drug-likeness (QED) is 0.640. The minimum Gasteiger partial charge on any atom is -0.347 e. The van der Waals surface area contributed by atoms with Gasteiger partial charge >= 0.3 is 0 Å². The molecule has 140 valence electrons. The van der Waals surface area contributed by atoms with Crippen LogP contribution in [-0.4, -0.2) is 34.1 Å². The monoisotopic (exact) mass is 362 g/mol. The summed E-state index contributed by atoms with van der Waals surface area (Å²) in [6, 6.07) is 19.9. The fourth-order valence-corrected chi connectivity index (χ4v) is 3.04. The minimum absolute atomic E-state index is 0.151. The smallest absolute Gasteiger partial charge is 0.269 e. The van der Waals surface area contributed by atoms with E-state index in [4.69, 9.17) is 0 Å². The second kappa shape index (κ2) is 9.14. The molecule has 2 N–H and O–H groups in total. The summed E-state index contributed by atoms with van der Waals surface area (Å²) in [4.78, 5) is 14.9. The molecular weight excluding hydrogens is 336 g/mol. The summed E-state index contributed by atoms with van der Waals surface area (Å²) in [5.41, 5.74) is 4.60. The highest BCUT2D eigenvalue weighted by molar-refractivity contribution is 5.93. The molecule has 0 aliphatic rings. The number of nitrogens with one attached hydrogen (secondary N) is 2. The third-order valence-corrected chi connectivity index (χ3v) is 4.74. The topological polar surface area (TPSA) is 61.0 Å². The standard InChI is InChI=1S/C22H26N4O/c1-3-26(4-2)16-19-13-9-8-12-18(19)15-23-22(27)21-14-20(24-25-21)17-10-6-5-7-11-17/h5-14H,3-4,15-16H2,1-2H3,(H,23,27)(H,24,25). The second-order valence-electron chi connectivity index (χ2n) is 6.45. The first-order valence-corrected chi connectivity index (χ1v) is 9.39. The molecule has 3 rings (SSSR count). The number of aromatic amines is 1. The summed E-state index contributed by atoms with van der Waals surface area (Å²) in [7, 11) is 0. The number of aromatic nitrogens is 2. The Morgan fingerprint density at radius 2 is 1.67 bits per heavy atom. The maximum Gasteiger partial charge on any atom is 0.269 e. The molecule has 0 atom stereocenters. The normalized spacial score (nSPS) is 10.9. The third-order valence-electron chi connectivity index (χ3n) is 4.74. The molecule has 0 saturated carbocycles.